The van der Waals surface area contributed by atoms with Crippen molar-refractivity contribution in [2.24, 2.45) is 0 Å². The Balaban J connectivity index is 2.66. The summed E-state index contributed by atoms with van der Waals surface area (Å²) in [5.41, 5.74) is 0.676. The number of nitro benzene ring substituents is 1. The molecule has 0 spiro atoms. The Morgan fingerprint density at radius 2 is 2.11 bits per heavy atom. The molecule has 0 aromatic heterocycles. The van der Waals surface area contributed by atoms with Crippen LogP contribution in [0.15, 0.2) is 18.2 Å². The van der Waals surface area contributed by atoms with E-state index in [-0.39, 0.29) is 30.2 Å². The SMILES string of the molecule is Cc1ccc([N+](=O)[O-])c(OCCCS(=O)(=O)Cl)c1. The predicted octanol–water partition coefficient (Wildman–Crippen LogP) is 2.24. The number of halogens is 1. The first-order valence-corrected chi connectivity index (χ1v) is 7.57. The minimum absolute atomic E-state index is 0.0518. The third-order valence-corrected chi connectivity index (χ3v) is 3.34. The summed E-state index contributed by atoms with van der Waals surface area (Å²) >= 11 is 0. The number of aryl methyl sites for hydroxylation is 1. The van der Waals surface area contributed by atoms with Gasteiger partial charge in [0.25, 0.3) is 0 Å². The van der Waals surface area contributed by atoms with Crippen molar-refractivity contribution in [3.63, 3.8) is 0 Å². The maximum Gasteiger partial charge on any atom is 0.310 e. The molecule has 6 nitrogen and oxygen atoms in total. The van der Waals surface area contributed by atoms with Crippen LogP contribution in [-0.4, -0.2) is 25.7 Å². The highest BCUT2D eigenvalue weighted by Gasteiger charge is 2.15. The minimum atomic E-state index is -3.55. The lowest BCUT2D eigenvalue weighted by Gasteiger charge is -2.06. The summed E-state index contributed by atoms with van der Waals surface area (Å²) in [5.74, 6) is -0.0966. The van der Waals surface area contributed by atoms with E-state index in [0.29, 0.717) is 0 Å². The number of benzene rings is 1. The van der Waals surface area contributed by atoms with Crippen LogP contribution in [0.25, 0.3) is 0 Å². The zero-order valence-electron chi connectivity index (χ0n) is 9.63. The topological polar surface area (TPSA) is 86.5 Å². The summed E-state index contributed by atoms with van der Waals surface area (Å²) in [6, 6.07) is 4.49. The number of rotatable bonds is 6. The van der Waals surface area contributed by atoms with Gasteiger partial charge in [-0.3, -0.25) is 10.1 Å². The molecule has 0 aliphatic heterocycles. The van der Waals surface area contributed by atoms with Gasteiger partial charge in [0.05, 0.1) is 17.3 Å². The molecule has 0 fully saturated rings. The summed E-state index contributed by atoms with van der Waals surface area (Å²) in [7, 11) is 1.48. The zero-order chi connectivity index (χ0) is 13.8. The van der Waals surface area contributed by atoms with Crippen LogP contribution in [0.2, 0.25) is 0 Å². The minimum Gasteiger partial charge on any atom is -0.487 e. The fraction of sp³-hybridized carbons (Fsp3) is 0.400. The molecule has 8 heteroatoms. The molecule has 0 unspecified atom stereocenters. The van der Waals surface area contributed by atoms with Gasteiger partial charge in [-0.15, -0.1) is 0 Å². The maximum atomic E-state index is 10.7. The first-order chi connectivity index (χ1) is 8.29. The molecule has 100 valence electrons. The Morgan fingerprint density at radius 3 is 2.67 bits per heavy atom. The average Bonchev–Trinajstić information content (AvgIpc) is 2.22. The van der Waals surface area contributed by atoms with Gasteiger partial charge < -0.3 is 4.74 Å². The van der Waals surface area contributed by atoms with Gasteiger partial charge in [-0.2, -0.15) is 0 Å². The molecule has 0 aliphatic rings. The third-order valence-electron chi connectivity index (χ3n) is 2.10. The van der Waals surface area contributed by atoms with Crippen molar-refractivity contribution in [1.29, 1.82) is 0 Å². The summed E-state index contributed by atoms with van der Waals surface area (Å²) in [6.45, 7) is 1.83. The van der Waals surface area contributed by atoms with Crippen LogP contribution in [0.4, 0.5) is 5.69 Å². The molecule has 0 atom stereocenters. The van der Waals surface area contributed by atoms with E-state index >= 15 is 0 Å². The van der Waals surface area contributed by atoms with Gasteiger partial charge in [0.2, 0.25) is 9.05 Å². The van der Waals surface area contributed by atoms with Gasteiger partial charge in [0.15, 0.2) is 5.75 Å². The Bertz CT molecular complexity index is 543. The number of hydrogen-bond donors (Lipinski definition) is 0. The molecule has 0 bridgehead atoms. The Morgan fingerprint density at radius 1 is 1.44 bits per heavy atom. The second kappa shape index (κ2) is 6.01. The molecule has 0 heterocycles. The summed E-state index contributed by atoms with van der Waals surface area (Å²) in [4.78, 5) is 10.2. The van der Waals surface area contributed by atoms with Gasteiger partial charge >= 0.3 is 5.69 Å². The van der Waals surface area contributed by atoms with Crippen LogP contribution in [0.1, 0.15) is 12.0 Å². The van der Waals surface area contributed by atoms with Crippen molar-refractivity contribution in [2.45, 2.75) is 13.3 Å². The predicted molar refractivity (Wildman–Crippen MR) is 67.6 cm³/mol. The van der Waals surface area contributed by atoms with Crippen molar-refractivity contribution in [3.8, 4) is 5.75 Å². The van der Waals surface area contributed by atoms with Crippen molar-refractivity contribution in [1.82, 2.24) is 0 Å². The van der Waals surface area contributed by atoms with Gasteiger partial charge in [0, 0.05) is 16.7 Å². The second-order valence-electron chi connectivity index (χ2n) is 3.67. The number of nitro groups is 1. The molecule has 0 aliphatic carbocycles. The molecule has 0 amide bonds. The van der Waals surface area contributed by atoms with E-state index in [2.05, 4.69) is 0 Å². The Labute approximate surface area is 109 Å². The largest absolute Gasteiger partial charge is 0.487 e. The highest BCUT2D eigenvalue weighted by molar-refractivity contribution is 8.13. The second-order valence-corrected chi connectivity index (χ2v) is 6.57. The Kier molecular flexibility index (Phi) is 4.92. The van der Waals surface area contributed by atoms with Crippen molar-refractivity contribution >= 4 is 25.4 Å². The quantitative estimate of drug-likeness (QED) is 0.347. The van der Waals surface area contributed by atoms with E-state index in [1.54, 1.807) is 13.0 Å². The highest BCUT2D eigenvalue weighted by atomic mass is 35.7. The molecule has 0 saturated carbocycles. The first kappa shape index (κ1) is 14.7. The molecule has 0 saturated heterocycles. The van der Waals surface area contributed by atoms with E-state index in [4.69, 9.17) is 15.4 Å². The van der Waals surface area contributed by atoms with Crippen LogP contribution >= 0.6 is 10.7 Å². The Hall–Kier alpha value is -1.34. The van der Waals surface area contributed by atoms with Gasteiger partial charge in [-0.25, -0.2) is 8.42 Å². The maximum absolute atomic E-state index is 10.7. The van der Waals surface area contributed by atoms with E-state index < -0.39 is 14.0 Å². The summed E-state index contributed by atoms with van der Waals surface area (Å²) in [5, 5.41) is 10.7. The lowest BCUT2D eigenvalue weighted by Crippen LogP contribution is -2.06. The van der Waals surface area contributed by atoms with Crippen molar-refractivity contribution in [3.05, 3.63) is 33.9 Å². The van der Waals surface area contributed by atoms with Crippen LogP contribution in [0.3, 0.4) is 0 Å². The lowest BCUT2D eigenvalue weighted by atomic mass is 10.2. The molecule has 1 aromatic carbocycles. The molecule has 18 heavy (non-hydrogen) atoms. The van der Waals surface area contributed by atoms with E-state index in [1.165, 1.54) is 12.1 Å². The summed E-state index contributed by atoms with van der Waals surface area (Å²) in [6.07, 6.45) is 0.178. The smallest absolute Gasteiger partial charge is 0.310 e. The van der Waals surface area contributed by atoms with Crippen molar-refractivity contribution < 1.29 is 18.1 Å². The van der Waals surface area contributed by atoms with Crippen LogP contribution < -0.4 is 4.74 Å². The highest BCUT2D eigenvalue weighted by Crippen LogP contribution is 2.27. The number of hydrogen-bond acceptors (Lipinski definition) is 5. The van der Waals surface area contributed by atoms with Crippen LogP contribution in [0, 0.1) is 17.0 Å². The monoisotopic (exact) mass is 293 g/mol. The third kappa shape index (κ3) is 4.89. The van der Waals surface area contributed by atoms with E-state index in [1.807, 2.05) is 0 Å². The van der Waals surface area contributed by atoms with Crippen LogP contribution in [-0.2, 0) is 9.05 Å². The molecule has 1 rings (SSSR count). The molecular weight excluding hydrogens is 282 g/mol. The molecular formula is C10H12ClNO5S. The standard InChI is InChI=1S/C10H12ClNO5S/c1-8-3-4-9(12(13)14)10(7-8)17-5-2-6-18(11,15)16/h3-4,7H,2,5-6H2,1H3. The van der Waals surface area contributed by atoms with Gasteiger partial charge in [-0.1, -0.05) is 6.07 Å². The normalized spacial score (nSPS) is 11.2. The van der Waals surface area contributed by atoms with Gasteiger partial charge in [0.1, 0.15) is 0 Å². The number of ether oxygens (including phenoxy) is 1. The fourth-order valence-corrected chi connectivity index (χ4v) is 2.09. The van der Waals surface area contributed by atoms with Crippen molar-refractivity contribution in [2.75, 3.05) is 12.4 Å². The zero-order valence-corrected chi connectivity index (χ0v) is 11.2. The summed E-state index contributed by atoms with van der Waals surface area (Å²) < 4.78 is 26.6. The van der Waals surface area contributed by atoms with E-state index in [9.17, 15) is 18.5 Å². The van der Waals surface area contributed by atoms with Crippen LogP contribution in [0.5, 0.6) is 5.75 Å². The molecule has 0 radical (unpaired) electrons. The first-order valence-electron chi connectivity index (χ1n) is 5.10. The fourth-order valence-electron chi connectivity index (χ4n) is 1.30. The molecule has 1 aromatic rings. The van der Waals surface area contributed by atoms with E-state index in [0.717, 1.165) is 5.56 Å². The number of nitrogens with zero attached hydrogens (tertiary/aromatic N) is 1. The van der Waals surface area contributed by atoms with Gasteiger partial charge in [-0.05, 0) is 25.0 Å². The molecule has 0 N–H and O–H groups in total. The average molecular weight is 294 g/mol. The lowest BCUT2D eigenvalue weighted by molar-refractivity contribution is -0.385.